The van der Waals surface area contributed by atoms with Gasteiger partial charge in [0.05, 0.1) is 23.0 Å². The van der Waals surface area contributed by atoms with Crippen LogP contribution < -0.4 is 0 Å². The van der Waals surface area contributed by atoms with Gasteiger partial charge in [-0.2, -0.15) is 0 Å². The van der Waals surface area contributed by atoms with E-state index in [1.807, 2.05) is 24.3 Å². The molecule has 4 rings (SSSR count). The third-order valence-electron chi connectivity index (χ3n) is 4.12. The minimum Gasteiger partial charge on any atom is -0.343 e. The van der Waals surface area contributed by atoms with E-state index in [0.717, 1.165) is 22.6 Å². The predicted octanol–water partition coefficient (Wildman–Crippen LogP) is 3.29. The van der Waals surface area contributed by atoms with E-state index in [9.17, 15) is 10.1 Å². The number of aromatic nitrogens is 1. The fraction of sp³-hybridized carbons (Fsp3) is 0.312. The third-order valence-corrected chi connectivity index (χ3v) is 5.12. The number of ether oxygens (including phenoxy) is 2. The number of hydrogen-bond donors (Lipinski definition) is 0. The molecule has 1 spiro atoms. The zero-order chi connectivity index (χ0) is 15.9. The van der Waals surface area contributed by atoms with Crippen LogP contribution in [0.3, 0.4) is 0 Å². The lowest BCUT2D eigenvalue weighted by Gasteiger charge is -2.23. The largest absolute Gasteiger partial charge is 0.343 e. The number of benzene rings is 1. The Hall–Kier alpha value is -1.96. The summed E-state index contributed by atoms with van der Waals surface area (Å²) in [7, 11) is 0. The number of pyridine rings is 1. The van der Waals surface area contributed by atoms with Gasteiger partial charge in [0.1, 0.15) is 5.03 Å². The average Bonchev–Trinajstić information content (AvgIpc) is 3.17. The molecule has 7 heteroatoms. The van der Waals surface area contributed by atoms with Gasteiger partial charge in [-0.1, -0.05) is 17.8 Å². The highest BCUT2D eigenvalue weighted by Crippen LogP contribution is 2.47. The molecule has 0 saturated carbocycles. The fourth-order valence-electron chi connectivity index (χ4n) is 3.11. The molecule has 0 bridgehead atoms. The van der Waals surface area contributed by atoms with Crippen molar-refractivity contribution in [1.82, 2.24) is 4.98 Å². The van der Waals surface area contributed by atoms with Crippen molar-refractivity contribution in [2.24, 2.45) is 0 Å². The highest BCUT2D eigenvalue weighted by Gasteiger charge is 2.45. The van der Waals surface area contributed by atoms with Gasteiger partial charge in [-0.3, -0.25) is 10.1 Å². The average molecular weight is 330 g/mol. The maximum atomic E-state index is 11.4. The maximum absolute atomic E-state index is 11.4. The normalized spacial score (nSPS) is 18.3. The van der Waals surface area contributed by atoms with E-state index in [0.29, 0.717) is 24.5 Å². The van der Waals surface area contributed by atoms with Gasteiger partial charge in [-0.25, -0.2) is 4.98 Å². The van der Waals surface area contributed by atoms with E-state index in [1.54, 1.807) is 12.3 Å². The Morgan fingerprint density at radius 1 is 1.26 bits per heavy atom. The Morgan fingerprint density at radius 2 is 2.09 bits per heavy atom. The van der Waals surface area contributed by atoms with E-state index in [1.165, 1.54) is 11.8 Å². The molecule has 1 aromatic heterocycles. The van der Waals surface area contributed by atoms with Crippen LogP contribution in [0.25, 0.3) is 0 Å². The predicted molar refractivity (Wildman–Crippen MR) is 83.4 cm³/mol. The second-order valence-corrected chi connectivity index (χ2v) is 6.52. The van der Waals surface area contributed by atoms with Crippen molar-refractivity contribution < 1.29 is 14.4 Å². The lowest BCUT2D eigenvalue weighted by atomic mass is 10.1. The molecule has 2 heterocycles. The summed E-state index contributed by atoms with van der Waals surface area (Å²) in [6.07, 6.45) is 3.11. The van der Waals surface area contributed by atoms with Gasteiger partial charge < -0.3 is 9.47 Å². The van der Waals surface area contributed by atoms with Crippen molar-refractivity contribution in [2.75, 3.05) is 13.2 Å². The summed E-state index contributed by atoms with van der Waals surface area (Å²) < 4.78 is 11.6. The first-order valence-corrected chi connectivity index (χ1v) is 8.18. The quantitative estimate of drug-likeness (QED) is 0.635. The number of hydrogen-bond acceptors (Lipinski definition) is 6. The smallest absolute Gasteiger partial charge is 0.283 e. The van der Waals surface area contributed by atoms with Crippen molar-refractivity contribution in [3.63, 3.8) is 0 Å². The van der Waals surface area contributed by atoms with E-state index < -0.39 is 5.79 Å². The Balaban J connectivity index is 1.79. The van der Waals surface area contributed by atoms with Crippen LogP contribution in [0.15, 0.2) is 46.5 Å². The molecule has 1 aromatic carbocycles. The van der Waals surface area contributed by atoms with Crippen LogP contribution in [0.5, 0.6) is 0 Å². The SMILES string of the molecule is O=[N+]([O-])c1cc2c(cc1Sc1ccccn1)C1(CC2)OCCO1. The van der Waals surface area contributed by atoms with E-state index in [4.69, 9.17) is 9.47 Å². The Morgan fingerprint density at radius 3 is 2.78 bits per heavy atom. The Labute approximate surface area is 137 Å². The number of aryl methyl sites for hydroxylation is 1. The summed E-state index contributed by atoms with van der Waals surface area (Å²) in [5.74, 6) is -0.718. The van der Waals surface area contributed by atoms with Crippen LogP contribution in [0.4, 0.5) is 5.69 Å². The van der Waals surface area contributed by atoms with Crippen LogP contribution in [-0.4, -0.2) is 23.1 Å². The number of nitro benzene ring substituents is 1. The first kappa shape index (κ1) is 14.6. The first-order chi connectivity index (χ1) is 11.2. The number of nitro groups is 1. The highest BCUT2D eigenvalue weighted by molar-refractivity contribution is 7.99. The van der Waals surface area contributed by atoms with Gasteiger partial charge in [0, 0.05) is 24.2 Å². The van der Waals surface area contributed by atoms with Crippen molar-refractivity contribution in [3.8, 4) is 0 Å². The van der Waals surface area contributed by atoms with Gasteiger partial charge in [0.15, 0.2) is 5.79 Å². The minimum atomic E-state index is -0.718. The standard InChI is InChI=1S/C16H14N2O4S/c19-18(20)13-9-11-4-5-16(21-7-8-22-16)12(11)10-14(13)23-15-3-1-2-6-17-15/h1-3,6,9-10H,4-5,7-8H2. The molecule has 0 atom stereocenters. The zero-order valence-electron chi connectivity index (χ0n) is 12.2. The third kappa shape index (κ3) is 2.50. The van der Waals surface area contributed by atoms with Crippen LogP contribution in [0, 0.1) is 10.1 Å². The number of rotatable bonds is 3. The summed E-state index contributed by atoms with van der Waals surface area (Å²) in [4.78, 5) is 15.9. The van der Waals surface area contributed by atoms with Crippen LogP contribution in [-0.2, 0) is 21.7 Å². The molecule has 1 aliphatic heterocycles. The highest BCUT2D eigenvalue weighted by atomic mass is 32.2. The second-order valence-electron chi connectivity index (χ2n) is 5.45. The monoisotopic (exact) mass is 330 g/mol. The van der Waals surface area contributed by atoms with Crippen molar-refractivity contribution in [2.45, 2.75) is 28.6 Å². The number of nitrogens with zero attached hydrogens (tertiary/aromatic N) is 2. The molecule has 0 radical (unpaired) electrons. The molecular formula is C16H14N2O4S. The summed E-state index contributed by atoms with van der Waals surface area (Å²) in [5.41, 5.74) is 1.96. The molecule has 2 aliphatic rings. The van der Waals surface area contributed by atoms with Crippen LogP contribution in [0.1, 0.15) is 17.5 Å². The molecule has 0 amide bonds. The Kier molecular flexibility index (Phi) is 3.56. The Bertz CT molecular complexity index is 760. The molecule has 0 N–H and O–H groups in total. The minimum absolute atomic E-state index is 0.106. The molecule has 2 aromatic rings. The van der Waals surface area contributed by atoms with Gasteiger partial charge in [0.2, 0.25) is 0 Å². The summed E-state index contributed by atoms with van der Waals surface area (Å²) in [5, 5.41) is 12.2. The van der Waals surface area contributed by atoms with Crippen molar-refractivity contribution >= 4 is 17.4 Å². The molecule has 0 unspecified atom stereocenters. The lowest BCUT2D eigenvalue weighted by molar-refractivity contribution is -0.387. The lowest BCUT2D eigenvalue weighted by Crippen LogP contribution is -2.23. The fourth-order valence-corrected chi connectivity index (χ4v) is 4.01. The van der Waals surface area contributed by atoms with Crippen LogP contribution >= 0.6 is 11.8 Å². The summed E-state index contributed by atoms with van der Waals surface area (Å²) in [6.45, 7) is 1.11. The van der Waals surface area contributed by atoms with Gasteiger partial charge in [-0.15, -0.1) is 0 Å². The molecule has 6 nitrogen and oxygen atoms in total. The second kappa shape index (κ2) is 5.59. The molecule has 1 saturated heterocycles. The first-order valence-electron chi connectivity index (χ1n) is 7.36. The summed E-state index contributed by atoms with van der Waals surface area (Å²) in [6, 6.07) is 9.00. The van der Waals surface area contributed by atoms with E-state index >= 15 is 0 Å². The van der Waals surface area contributed by atoms with E-state index in [2.05, 4.69) is 4.98 Å². The molecule has 1 fully saturated rings. The summed E-state index contributed by atoms with van der Waals surface area (Å²) >= 11 is 1.29. The zero-order valence-corrected chi connectivity index (χ0v) is 13.0. The van der Waals surface area contributed by atoms with Gasteiger partial charge in [-0.05, 0) is 30.2 Å². The van der Waals surface area contributed by atoms with Crippen molar-refractivity contribution in [3.05, 3.63) is 57.8 Å². The van der Waals surface area contributed by atoms with Gasteiger partial charge in [0.25, 0.3) is 5.69 Å². The van der Waals surface area contributed by atoms with Gasteiger partial charge >= 0.3 is 0 Å². The molecule has 1 aliphatic carbocycles. The van der Waals surface area contributed by atoms with Crippen LogP contribution in [0.2, 0.25) is 0 Å². The molecular weight excluding hydrogens is 316 g/mol. The molecule has 118 valence electrons. The van der Waals surface area contributed by atoms with Crippen molar-refractivity contribution in [1.29, 1.82) is 0 Å². The maximum Gasteiger partial charge on any atom is 0.283 e. The number of fused-ring (bicyclic) bond motifs is 2. The molecule has 23 heavy (non-hydrogen) atoms. The van der Waals surface area contributed by atoms with E-state index in [-0.39, 0.29) is 10.6 Å². The topological polar surface area (TPSA) is 74.5 Å².